The first-order chi connectivity index (χ1) is 9.97. The minimum Gasteiger partial charge on any atom is -0.352 e. The van der Waals surface area contributed by atoms with Gasteiger partial charge in [-0.2, -0.15) is 0 Å². The fraction of sp³-hybridized carbons (Fsp3) is 0.529. The maximum atomic E-state index is 12.2. The molecule has 4 heteroatoms. The number of nitrogens with one attached hydrogen (secondary N) is 1. The van der Waals surface area contributed by atoms with Crippen LogP contribution < -0.4 is 5.32 Å². The number of imidazole rings is 1. The van der Waals surface area contributed by atoms with Crippen LogP contribution in [-0.4, -0.2) is 21.5 Å². The van der Waals surface area contributed by atoms with Gasteiger partial charge in [-0.25, -0.2) is 4.98 Å². The van der Waals surface area contributed by atoms with Crippen LogP contribution in [0.1, 0.15) is 39.4 Å². The van der Waals surface area contributed by atoms with Gasteiger partial charge in [-0.15, -0.1) is 0 Å². The van der Waals surface area contributed by atoms with Crippen molar-refractivity contribution in [1.29, 1.82) is 0 Å². The van der Waals surface area contributed by atoms with Crippen LogP contribution in [0.4, 0.5) is 0 Å². The predicted molar refractivity (Wildman–Crippen MR) is 86.1 cm³/mol. The van der Waals surface area contributed by atoms with Crippen molar-refractivity contribution in [3.05, 3.63) is 30.1 Å². The van der Waals surface area contributed by atoms with Crippen LogP contribution in [0, 0.1) is 12.8 Å². The monoisotopic (exact) mass is 287 g/mol. The molecule has 0 aliphatic rings. The van der Waals surface area contributed by atoms with Crippen LogP contribution in [-0.2, 0) is 11.3 Å². The summed E-state index contributed by atoms with van der Waals surface area (Å²) in [6, 6.07) is 8.14. The Balaban J connectivity index is 2.00. The molecule has 0 unspecified atom stereocenters. The molecule has 4 nitrogen and oxygen atoms in total. The van der Waals surface area contributed by atoms with Gasteiger partial charge >= 0.3 is 0 Å². The lowest BCUT2D eigenvalue weighted by Gasteiger charge is -2.16. The van der Waals surface area contributed by atoms with E-state index in [0.29, 0.717) is 12.5 Å². The van der Waals surface area contributed by atoms with E-state index in [1.165, 1.54) is 0 Å². The van der Waals surface area contributed by atoms with Crippen molar-refractivity contribution < 1.29 is 4.79 Å². The molecule has 0 spiro atoms. The molecule has 2 rings (SSSR count). The molecular weight excluding hydrogens is 262 g/mol. The summed E-state index contributed by atoms with van der Waals surface area (Å²) in [5.41, 5.74) is 1.95. The largest absolute Gasteiger partial charge is 0.352 e. The van der Waals surface area contributed by atoms with E-state index in [1.54, 1.807) is 0 Å². The number of aromatic nitrogens is 2. The number of nitrogens with zero attached hydrogens (tertiary/aromatic N) is 2. The highest BCUT2D eigenvalue weighted by atomic mass is 16.2. The highest BCUT2D eigenvalue weighted by Crippen LogP contribution is 2.15. The van der Waals surface area contributed by atoms with Crippen LogP contribution in [0.2, 0.25) is 0 Å². The van der Waals surface area contributed by atoms with Crippen LogP contribution in [0.15, 0.2) is 24.3 Å². The molecule has 1 amide bonds. The standard InChI is InChI=1S/C17H25N3O/c1-12(2)9-10-13(3)18-17(21)11-20-14(4)19-15-7-5-6-8-16(15)20/h5-8,12-13H,9-11H2,1-4H3,(H,18,21)/t13-/m0/s1. The molecule has 1 heterocycles. The van der Waals surface area contributed by atoms with E-state index in [9.17, 15) is 4.79 Å². The van der Waals surface area contributed by atoms with Gasteiger partial charge in [0.15, 0.2) is 0 Å². The lowest BCUT2D eigenvalue weighted by atomic mass is 10.0. The minimum atomic E-state index is 0.0532. The van der Waals surface area contributed by atoms with Crippen LogP contribution in [0.3, 0.4) is 0 Å². The fourth-order valence-corrected chi connectivity index (χ4v) is 2.52. The van der Waals surface area contributed by atoms with Crippen LogP contribution in [0.25, 0.3) is 11.0 Å². The zero-order valence-corrected chi connectivity index (χ0v) is 13.4. The van der Waals surface area contributed by atoms with Crippen molar-refractivity contribution >= 4 is 16.9 Å². The Kier molecular flexibility index (Phi) is 4.99. The predicted octanol–water partition coefficient (Wildman–Crippen LogP) is 3.29. The molecule has 0 saturated heterocycles. The van der Waals surface area contributed by atoms with E-state index in [0.717, 1.165) is 29.7 Å². The second kappa shape index (κ2) is 6.74. The van der Waals surface area contributed by atoms with Gasteiger partial charge in [0.25, 0.3) is 0 Å². The van der Waals surface area contributed by atoms with Crippen molar-refractivity contribution in [2.24, 2.45) is 5.92 Å². The number of amides is 1. The Morgan fingerprint density at radius 2 is 1.95 bits per heavy atom. The first kappa shape index (κ1) is 15.5. The van der Waals surface area contributed by atoms with E-state index in [2.05, 4.69) is 31.1 Å². The summed E-state index contributed by atoms with van der Waals surface area (Å²) in [4.78, 5) is 16.7. The Bertz CT molecular complexity index is 616. The molecule has 0 fully saturated rings. The second-order valence-corrected chi connectivity index (χ2v) is 6.17. The molecule has 1 atom stereocenters. The lowest BCUT2D eigenvalue weighted by Crippen LogP contribution is -2.35. The third-order valence-electron chi connectivity index (χ3n) is 3.73. The van der Waals surface area contributed by atoms with Gasteiger partial charge in [-0.3, -0.25) is 4.79 Å². The summed E-state index contributed by atoms with van der Waals surface area (Å²) in [5, 5.41) is 3.08. The Labute approximate surface area is 126 Å². The van der Waals surface area contributed by atoms with Gasteiger partial charge in [0, 0.05) is 6.04 Å². The number of benzene rings is 1. The summed E-state index contributed by atoms with van der Waals surface area (Å²) in [6.07, 6.45) is 2.15. The van der Waals surface area contributed by atoms with Gasteiger partial charge < -0.3 is 9.88 Å². The molecule has 1 aromatic heterocycles. The molecule has 1 N–H and O–H groups in total. The number of hydrogen-bond donors (Lipinski definition) is 1. The topological polar surface area (TPSA) is 46.9 Å². The van der Waals surface area contributed by atoms with E-state index in [4.69, 9.17) is 0 Å². The highest BCUT2D eigenvalue weighted by Gasteiger charge is 2.12. The molecule has 0 aliphatic carbocycles. The zero-order valence-electron chi connectivity index (χ0n) is 13.4. The summed E-state index contributed by atoms with van der Waals surface area (Å²) >= 11 is 0. The first-order valence-electron chi connectivity index (χ1n) is 7.68. The van der Waals surface area contributed by atoms with Gasteiger partial charge in [0.05, 0.1) is 11.0 Å². The maximum Gasteiger partial charge on any atom is 0.240 e. The molecular formula is C17H25N3O. The number of carbonyl (C=O) groups is 1. The van der Waals surface area contributed by atoms with Crippen LogP contribution >= 0.6 is 0 Å². The van der Waals surface area contributed by atoms with Crippen LogP contribution in [0.5, 0.6) is 0 Å². The normalized spacial score (nSPS) is 12.8. The van der Waals surface area contributed by atoms with Crippen molar-refractivity contribution in [2.75, 3.05) is 0 Å². The summed E-state index contributed by atoms with van der Waals surface area (Å²) in [6.45, 7) is 8.75. The van der Waals surface area contributed by atoms with Crippen molar-refractivity contribution in [3.63, 3.8) is 0 Å². The van der Waals surface area contributed by atoms with E-state index in [-0.39, 0.29) is 11.9 Å². The number of carbonyl (C=O) groups excluding carboxylic acids is 1. The summed E-state index contributed by atoms with van der Waals surface area (Å²) < 4.78 is 1.97. The van der Waals surface area contributed by atoms with Gasteiger partial charge in [0.2, 0.25) is 5.91 Å². The van der Waals surface area contributed by atoms with Gasteiger partial charge in [-0.1, -0.05) is 26.0 Å². The Hall–Kier alpha value is -1.84. The number of hydrogen-bond acceptors (Lipinski definition) is 2. The quantitative estimate of drug-likeness (QED) is 0.886. The van der Waals surface area contributed by atoms with Gasteiger partial charge in [0.1, 0.15) is 12.4 Å². The number of para-hydroxylation sites is 2. The fourth-order valence-electron chi connectivity index (χ4n) is 2.52. The first-order valence-corrected chi connectivity index (χ1v) is 7.68. The molecule has 0 aliphatic heterocycles. The average molecular weight is 287 g/mol. The third-order valence-corrected chi connectivity index (χ3v) is 3.73. The Morgan fingerprint density at radius 3 is 2.67 bits per heavy atom. The molecule has 2 aromatic rings. The number of rotatable bonds is 6. The van der Waals surface area contributed by atoms with Crippen molar-refractivity contribution in [3.8, 4) is 0 Å². The molecule has 114 valence electrons. The third kappa shape index (κ3) is 4.06. The SMILES string of the molecule is Cc1nc2ccccc2n1CC(=O)N[C@@H](C)CCC(C)C. The molecule has 1 aromatic carbocycles. The number of aryl methyl sites for hydroxylation is 1. The summed E-state index contributed by atoms with van der Waals surface area (Å²) in [7, 11) is 0. The molecule has 21 heavy (non-hydrogen) atoms. The average Bonchev–Trinajstić information content (AvgIpc) is 2.73. The van der Waals surface area contributed by atoms with Crippen molar-refractivity contribution in [2.45, 2.75) is 53.1 Å². The van der Waals surface area contributed by atoms with E-state index < -0.39 is 0 Å². The second-order valence-electron chi connectivity index (χ2n) is 6.17. The minimum absolute atomic E-state index is 0.0532. The molecule has 0 bridgehead atoms. The maximum absolute atomic E-state index is 12.2. The Morgan fingerprint density at radius 1 is 1.24 bits per heavy atom. The molecule has 0 radical (unpaired) electrons. The van der Waals surface area contributed by atoms with E-state index in [1.807, 2.05) is 35.8 Å². The van der Waals surface area contributed by atoms with Gasteiger partial charge in [-0.05, 0) is 44.7 Å². The highest BCUT2D eigenvalue weighted by molar-refractivity contribution is 5.81. The summed E-state index contributed by atoms with van der Waals surface area (Å²) in [5.74, 6) is 1.60. The lowest BCUT2D eigenvalue weighted by molar-refractivity contribution is -0.122. The smallest absolute Gasteiger partial charge is 0.240 e. The van der Waals surface area contributed by atoms with Crippen molar-refractivity contribution in [1.82, 2.24) is 14.9 Å². The number of fused-ring (bicyclic) bond motifs is 1. The van der Waals surface area contributed by atoms with E-state index >= 15 is 0 Å². The molecule has 0 saturated carbocycles. The zero-order chi connectivity index (χ0) is 15.4.